The Hall–Kier alpha value is -2.07. The van der Waals surface area contributed by atoms with Crippen molar-refractivity contribution in [3.8, 4) is 5.75 Å². The van der Waals surface area contributed by atoms with Crippen molar-refractivity contribution in [2.45, 2.75) is 6.61 Å². The summed E-state index contributed by atoms with van der Waals surface area (Å²) in [6, 6.07) is 11.3. The predicted molar refractivity (Wildman–Crippen MR) is 73.0 cm³/mol. The maximum atomic E-state index is 12.3. The summed E-state index contributed by atoms with van der Waals surface area (Å²) >= 11 is 0. The lowest BCUT2D eigenvalue weighted by Crippen LogP contribution is -1.90. The smallest absolute Gasteiger partial charge is 0.228 e. The molecule has 1 heterocycles. The van der Waals surface area contributed by atoms with E-state index in [-0.39, 0.29) is 6.61 Å². The quantitative estimate of drug-likeness (QED) is 0.784. The third-order valence-corrected chi connectivity index (χ3v) is 3.48. The van der Waals surface area contributed by atoms with E-state index >= 15 is 0 Å². The van der Waals surface area contributed by atoms with Crippen LogP contribution >= 0.6 is 0 Å². The zero-order valence-electron chi connectivity index (χ0n) is 10.6. The number of aliphatic hydroxyl groups is 1. The average molecular weight is 259 g/mol. The zero-order chi connectivity index (χ0) is 13.4. The molecule has 0 aliphatic heterocycles. The Morgan fingerprint density at radius 3 is 2.79 bits per heavy atom. The first-order valence-electron chi connectivity index (χ1n) is 6.06. The van der Waals surface area contributed by atoms with Gasteiger partial charge in [-0.05, 0) is 29.8 Å². The van der Waals surface area contributed by atoms with Crippen LogP contribution in [0.25, 0.3) is 21.8 Å². The van der Waals surface area contributed by atoms with Gasteiger partial charge in [-0.3, -0.25) is 0 Å². The van der Waals surface area contributed by atoms with Gasteiger partial charge < -0.3 is 14.4 Å². The average Bonchev–Trinajstić information content (AvgIpc) is 2.73. The molecule has 19 heavy (non-hydrogen) atoms. The van der Waals surface area contributed by atoms with Crippen LogP contribution in [0.3, 0.4) is 0 Å². The fourth-order valence-electron chi connectivity index (χ4n) is 2.60. The molecule has 0 atom stereocenters. The monoisotopic (exact) mass is 259 g/mol. The van der Waals surface area contributed by atoms with E-state index in [9.17, 15) is 9.50 Å². The van der Waals surface area contributed by atoms with Gasteiger partial charge in [-0.25, -0.2) is 4.39 Å². The summed E-state index contributed by atoms with van der Waals surface area (Å²) in [4.78, 5) is 0. The number of hydrogen-bond acceptors (Lipinski definition) is 2. The number of fused-ring (bicyclic) bond motifs is 3. The van der Waals surface area contributed by atoms with Crippen molar-refractivity contribution in [3.05, 3.63) is 42.0 Å². The Labute approximate surface area is 109 Å². The maximum absolute atomic E-state index is 12.3. The summed E-state index contributed by atoms with van der Waals surface area (Å²) in [7, 11) is 1.97. The Morgan fingerprint density at radius 1 is 1.21 bits per heavy atom. The molecule has 0 bridgehead atoms. The first kappa shape index (κ1) is 12.0. The van der Waals surface area contributed by atoms with Crippen LogP contribution in [0.4, 0.5) is 4.39 Å². The molecule has 0 saturated heterocycles. The first-order valence-corrected chi connectivity index (χ1v) is 6.06. The second-order valence-corrected chi connectivity index (χ2v) is 4.46. The summed E-state index contributed by atoms with van der Waals surface area (Å²) < 4.78 is 19.2. The van der Waals surface area contributed by atoms with E-state index in [2.05, 4.69) is 4.57 Å². The number of aromatic nitrogens is 1. The lowest BCUT2D eigenvalue weighted by atomic mass is 10.1. The molecule has 3 nitrogen and oxygen atoms in total. The molecule has 0 aliphatic carbocycles. The molecular weight excluding hydrogens is 245 g/mol. The van der Waals surface area contributed by atoms with Crippen LogP contribution in [0.5, 0.6) is 5.75 Å². The van der Waals surface area contributed by atoms with Crippen LogP contribution < -0.4 is 4.74 Å². The zero-order valence-corrected chi connectivity index (χ0v) is 10.6. The molecule has 3 aromatic rings. The summed E-state index contributed by atoms with van der Waals surface area (Å²) in [6.45, 7) is -0.867. The van der Waals surface area contributed by atoms with E-state index < -0.39 is 6.86 Å². The molecule has 1 aromatic heterocycles. The van der Waals surface area contributed by atoms with Gasteiger partial charge in [0, 0.05) is 28.9 Å². The van der Waals surface area contributed by atoms with Crippen molar-refractivity contribution < 1.29 is 14.2 Å². The molecule has 0 amide bonds. The topological polar surface area (TPSA) is 34.4 Å². The second kappa shape index (κ2) is 4.55. The molecule has 0 unspecified atom stereocenters. The molecule has 0 fully saturated rings. The summed E-state index contributed by atoms with van der Waals surface area (Å²) in [6.07, 6.45) is 0. The van der Waals surface area contributed by atoms with Crippen molar-refractivity contribution in [1.82, 2.24) is 4.57 Å². The fourth-order valence-corrected chi connectivity index (χ4v) is 2.60. The Balaban J connectivity index is 2.41. The van der Waals surface area contributed by atoms with E-state index in [1.54, 1.807) is 6.07 Å². The Bertz CT molecular complexity index is 749. The number of alkyl halides is 1. The molecule has 98 valence electrons. The van der Waals surface area contributed by atoms with E-state index in [4.69, 9.17) is 4.74 Å². The number of nitrogens with zero attached hydrogens (tertiary/aromatic N) is 1. The molecular formula is C15H14FNO2. The number of halogens is 1. The Morgan fingerprint density at radius 2 is 2.05 bits per heavy atom. The molecule has 1 N–H and O–H groups in total. The van der Waals surface area contributed by atoms with E-state index in [0.717, 1.165) is 27.4 Å². The molecule has 0 radical (unpaired) electrons. The first-order chi connectivity index (χ1) is 9.26. The van der Waals surface area contributed by atoms with Crippen LogP contribution in [0.1, 0.15) is 5.56 Å². The molecule has 2 aromatic carbocycles. The lowest BCUT2D eigenvalue weighted by Gasteiger charge is -2.02. The summed E-state index contributed by atoms with van der Waals surface area (Å²) in [5, 5.41) is 11.4. The van der Waals surface area contributed by atoms with Gasteiger partial charge in [0.2, 0.25) is 6.86 Å². The van der Waals surface area contributed by atoms with Crippen LogP contribution in [0, 0.1) is 0 Å². The van der Waals surface area contributed by atoms with Gasteiger partial charge in [0.15, 0.2) is 0 Å². The normalized spacial score (nSPS) is 11.3. The van der Waals surface area contributed by atoms with Crippen LogP contribution in [0.15, 0.2) is 36.4 Å². The highest BCUT2D eigenvalue weighted by molar-refractivity contribution is 6.10. The molecule has 3 rings (SSSR count). The van der Waals surface area contributed by atoms with Crippen molar-refractivity contribution in [2.75, 3.05) is 6.86 Å². The highest BCUT2D eigenvalue weighted by Crippen LogP contribution is 2.33. The van der Waals surface area contributed by atoms with Gasteiger partial charge in [-0.15, -0.1) is 0 Å². The standard InChI is InChI=1S/C15H14FNO2/c1-17-13-6-5-11(19-9-16)7-12(13)15-10(8-18)3-2-4-14(15)17/h2-7,18H,8-9H2,1H3. The summed E-state index contributed by atoms with van der Waals surface area (Å²) in [5.74, 6) is 0.496. The van der Waals surface area contributed by atoms with Crippen molar-refractivity contribution in [2.24, 2.45) is 7.05 Å². The van der Waals surface area contributed by atoms with Gasteiger partial charge in [-0.2, -0.15) is 0 Å². The van der Waals surface area contributed by atoms with Crippen LogP contribution in [-0.2, 0) is 13.7 Å². The van der Waals surface area contributed by atoms with Gasteiger partial charge in [-0.1, -0.05) is 12.1 Å². The van der Waals surface area contributed by atoms with Crippen LogP contribution in [0.2, 0.25) is 0 Å². The minimum absolute atomic E-state index is 0.0232. The van der Waals surface area contributed by atoms with E-state index in [1.165, 1.54) is 0 Å². The predicted octanol–water partition coefficient (Wildman–Crippen LogP) is 3.13. The maximum Gasteiger partial charge on any atom is 0.228 e. The summed E-state index contributed by atoms with van der Waals surface area (Å²) in [5.41, 5.74) is 2.93. The fraction of sp³-hybridized carbons (Fsp3) is 0.200. The molecule has 0 spiro atoms. The van der Waals surface area contributed by atoms with Gasteiger partial charge in [0.05, 0.1) is 6.61 Å². The lowest BCUT2D eigenvalue weighted by molar-refractivity contribution is 0.192. The highest BCUT2D eigenvalue weighted by Gasteiger charge is 2.12. The second-order valence-electron chi connectivity index (χ2n) is 4.46. The number of rotatable bonds is 3. The number of aryl methyl sites for hydroxylation is 1. The van der Waals surface area contributed by atoms with E-state index in [0.29, 0.717) is 5.75 Å². The SMILES string of the molecule is Cn1c2ccc(OCF)cc2c2c(CO)cccc21. The third-order valence-electron chi connectivity index (χ3n) is 3.48. The number of benzene rings is 2. The minimum atomic E-state index is -0.844. The Kier molecular flexibility index (Phi) is 2.87. The van der Waals surface area contributed by atoms with Gasteiger partial charge in [0.1, 0.15) is 5.75 Å². The highest BCUT2D eigenvalue weighted by atomic mass is 19.1. The van der Waals surface area contributed by atoms with Gasteiger partial charge in [0.25, 0.3) is 0 Å². The molecule has 4 heteroatoms. The number of ether oxygens (including phenoxy) is 1. The number of aliphatic hydroxyl groups excluding tert-OH is 1. The van der Waals surface area contributed by atoms with Crippen LogP contribution in [-0.4, -0.2) is 16.5 Å². The molecule has 0 saturated carbocycles. The third kappa shape index (κ3) is 1.76. The van der Waals surface area contributed by atoms with Crippen molar-refractivity contribution in [3.63, 3.8) is 0 Å². The van der Waals surface area contributed by atoms with Crippen molar-refractivity contribution >= 4 is 21.8 Å². The minimum Gasteiger partial charge on any atom is -0.463 e. The number of hydrogen-bond donors (Lipinski definition) is 1. The van der Waals surface area contributed by atoms with Crippen molar-refractivity contribution in [1.29, 1.82) is 0 Å². The van der Waals surface area contributed by atoms with E-state index in [1.807, 2.05) is 37.4 Å². The van der Waals surface area contributed by atoms with Gasteiger partial charge >= 0.3 is 0 Å². The molecule has 0 aliphatic rings. The largest absolute Gasteiger partial charge is 0.463 e.